The molecule has 7 heteroatoms. The van der Waals surface area contributed by atoms with E-state index in [1.54, 1.807) is 31.2 Å². The number of halogens is 3. The molecule has 0 heterocycles. The van der Waals surface area contributed by atoms with Gasteiger partial charge < -0.3 is 15.4 Å². The zero-order valence-corrected chi connectivity index (χ0v) is 11.8. The number of nitrogens with zero attached hydrogens (tertiary/aromatic N) is 1. The minimum atomic E-state index is -4.39. The van der Waals surface area contributed by atoms with Gasteiger partial charge >= 0.3 is 6.18 Å². The summed E-state index contributed by atoms with van der Waals surface area (Å²) in [6.45, 7) is 0.592. The summed E-state index contributed by atoms with van der Waals surface area (Å²) in [5.41, 5.74) is 6.08. The van der Waals surface area contributed by atoms with E-state index in [2.05, 4.69) is 0 Å². The normalized spacial score (nSPS) is 11.2. The van der Waals surface area contributed by atoms with Crippen LogP contribution in [0.5, 0.6) is 5.75 Å². The second-order valence-corrected chi connectivity index (χ2v) is 4.60. The monoisotopic (exact) mass is 304 g/mol. The Labute approximate surface area is 121 Å². The summed E-state index contributed by atoms with van der Waals surface area (Å²) < 4.78 is 42.5. The fourth-order valence-electron chi connectivity index (χ4n) is 1.80. The predicted octanol–water partition coefficient (Wildman–Crippen LogP) is 2.84. The SMILES string of the molecule is CCCN(CC(F)(F)F)C(=O)CCOc1cccc(N)c1. The summed E-state index contributed by atoms with van der Waals surface area (Å²) in [5.74, 6) is -0.0845. The Morgan fingerprint density at radius 3 is 2.67 bits per heavy atom. The van der Waals surface area contributed by atoms with Gasteiger partial charge in [-0.3, -0.25) is 4.79 Å². The smallest absolute Gasteiger partial charge is 0.406 e. The highest BCUT2D eigenvalue weighted by atomic mass is 19.4. The van der Waals surface area contributed by atoms with E-state index in [9.17, 15) is 18.0 Å². The van der Waals surface area contributed by atoms with E-state index < -0.39 is 18.6 Å². The first kappa shape index (κ1) is 17.1. The lowest BCUT2D eigenvalue weighted by Crippen LogP contribution is -2.39. The third kappa shape index (κ3) is 6.87. The zero-order chi connectivity index (χ0) is 15.9. The molecule has 0 aliphatic carbocycles. The highest BCUT2D eigenvalue weighted by molar-refractivity contribution is 5.76. The first-order valence-corrected chi connectivity index (χ1v) is 6.64. The van der Waals surface area contributed by atoms with Crippen LogP contribution in [0.4, 0.5) is 18.9 Å². The van der Waals surface area contributed by atoms with Crippen molar-refractivity contribution in [3.05, 3.63) is 24.3 Å². The van der Waals surface area contributed by atoms with Crippen LogP contribution in [0, 0.1) is 0 Å². The molecule has 1 rings (SSSR count). The van der Waals surface area contributed by atoms with Crippen LogP contribution in [-0.4, -0.2) is 36.7 Å². The molecule has 1 amide bonds. The van der Waals surface area contributed by atoms with Gasteiger partial charge in [-0.05, 0) is 18.6 Å². The number of nitrogen functional groups attached to an aromatic ring is 1. The van der Waals surface area contributed by atoms with Crippen LogP contribution in [0.1, 0.15) is 19.8 Å². The van der Waals surface area contributed by atoms with E-state index in [0.717, 1.165) is 4.90 Å². The van der Waals surface area contributed by atoms with Gasteiger partial charge in [0.15, 0.2) is 0 Å². The molecule has 0 aromatic heterocycles. The van der Waals surface area contributed by atoms with E-state index in [1.165, 1.54) is 0 Å². The summed E-state index contributed by atoms with van der Waals surface area (Å²) in [6.07, 6.45) is -4.03. The van der Waals surface area contributed by atoms with Gasteiger partial charge in [-0.1, -0.05) is 13.0 Å². The second-order valence-electron chi connectivity index (χ2n) is 4.60. The van der Waals surface area contributed by atoms with Gasteiger partial charge in [0.25, 0.3) is 0 Å². The van der Waals surface area contributed by atoms with E-state index in [4.69, 9.17) is 10.5 Å². The molecule has 4 nitrogen and oxygen atoms in total. The number of hydrogen-bond acceptors (Lipinski definition) is 3. The molecule has 1 aromatic rings. The molecule has 0 bridgehead atoms. The molecule has 0 saturated carbocycles. The van der Waals surface area contributed by atoms with Crippen LogP contribution >= 0.6 is 0 Å². The number of benzene rings is 1. The van der Waals surface area contributed by atoms with E-state index in [0.29, 0.717) is 17.9 Å². The largest absolute Gasteiger partial charge is 0.493 e. The molecule has 0 unspecified atom stereocenters. The van der Waals surface area contributed by atoms with Crippen molar-refractivity contribution >= 4 is 11.6 Å². The van der Waals surface area contributed by atoms with Crippen LogP contribution in [0.25, 0.3) is 0 Å². The lowest BCUT2D eigenvalue weighted by molar-refractivity contribution is -0.161. The number of carbonyl (C=O) groups excluding carboxylic acids is 1. The average molecular weight is 304 g/mol. The fourth-order valence-corrected chi connectivity index (χ4v) is 1.80. The molecule has 0 atom stereocenters. The van der Waals surface area contributed by atoms with Crippen molar-refractivity contribution in [3.63, 3.8) is 0 Å². The lowest BCUT2D eigenvalue weighted by Gasteiger charge is -2.23. The molecule has 118 valence electrons. The maximum atomic E-state index is 12.4. The van der Waals surface area contributed by atoms with E-state index in [-0.39, 0.29) is 19.6 Å². The average Bonchev–Trinajstić information content (AvgIpc) is 2.36. The Balaban J connectivity index is 2.46. The number of carbonyl (C=O) groups is 1. The van der Waals surface area contributed by atoms with Gasteiger partial charge in [-0.2, -0.15) is 13.2 Å². The zero-order valence-electron chi connectivity index (χ0n) is 11.8. The van der Waals surface area contributed by atoms with Crippen molar-refractivity contribution in [1.82, 2.24) is 4.90 Å². The van der Waals surface area contributed by atoms with Crippen LogP contribution in [-0.2, 0) is 4.79 Å². The van der Waals surface area contributed by atoms with Crippen LogP contribution < -0.4 is 10.5 Å². The van der Waals surface area contributed by atoms with E-state index in [1.807, 2.05) is 0 Å². The van der Waals surface area contributed by atoms with Gasteiger partial charge in [0.2, 0.25) is 5.91 Å². The predicted molar refractivity (Wildman–Crippen MR) is 73.9 cm³/mol. The highest BCUT2D eigenvalue weighted by Crippen LogP contribution is 2.18. The Morgan fingerprint density at radius 1 is 1.38 bits per heavy atom. The minimum absolute atomic E-state index is 0.0142. The standard InChI is InChI=1S/C14H19F3N2O2/c1-2-7-19(10-14(15,16)17)13(20)6-8-21-12-5-3-4-11(18)9-12/h3-5,9H,2,6-8,10,18H2,1H3. The molecule has 0 spiro atoms. The molecule has 0 fully saturated rings. The molecule has 2 N–H and O–H groups in total. The second kappa shape index (κ2) is 7.75. The van der Waals surface area contributed by atoms with Crippen molar-refractivity contribution in [3.8, 4) is 5.75 Å². The molecule has 0 aliphatic rings. The summed E-state index contributed by atoms with van der Waals surface area (Å²) in [6, 6.07) is 6.63. The fraction of sp³-hybridized carbons (Fsp3) is 0.500. The first-order valence-electron chi connectivity index (χ1n) is 6.64. The number of nitrogens with two attached hydrogens (primary N) is 1. The Morgan fingerprint density at radius 2 is 2.10 bits per heavy atom. The minimum Gasteiger partial charge on any atom is -0.493 e. The van der Waals surface area contributed by atoms with Crippen molar-refractivity contribution < 1.29 is 22.7 Å². The van der Waals surface area contributed by atoms with Crippen molar-refractivity contribution in [2.75, 3.05) is 25.4 Å². The summed E-state index contributed by atoms with van der Waals surface area (Å²) in [4.78, 5) is 12.6. The van der Waals surface area contributed by atoms with E-state index >= 15 is 0 Å². The number of amides is 1. The van der Waals surface area contributed by atoms with Crippen LogP contribution in [0.15, 0.2) is 24.3 Å². The number of rotatable bonds is 7. The van der Waals surface area contributed by atoms with Crippen LogP contribution in [0.2, 0.25) is 0 Å². The van der Waals surface area contributed by atoms with Gasteiger partial charge in [0.05, 0.1) is 13.0 Å². The topological polar surface area (TPSA) is 55.6 Å². The van der Waals surface area contributed by atoms with Crippen molar-refractivity contribution in [2.24, 2.45) is 0 Å². The van der Waals surface area contributed by atoms with Gasteiger partial charge in [-0.15, -0.1) is 0 Å². The molecular formula is C14H19F3N2O2. The maximum Gasteiger partial charge on any atom is 0.406 e. The molecular weight excluding hydrogens is 285 g/mol. The Kier molecular flexibility index (Phi) is 6.33. The highest BCUT2D eigenvalue weighted by Gasteiger charge is 2.32. The number of hydrogen-bond donors (Lipinski definition) is 1. The summed E-state index contributed by atoms with van der Waals surface area (Å²) in [5, 5.41) is 0. The third-order valence-corrected chi connectivity index (χ3v) is 2.66. The molecule has 1 aromatic carbocycles. The number of alkyl halides is 3. The van der Waals surface area contributed by atoms with Gasteiger partial charge in [-0.25, -0.2) is 0 Å². The van der Waals surface area contributed by atoms with Crippen molar-refractivity contribution in [1.29, 1.82) is 0 Å². The van der Waals surface area contributed by atoms with Crippen LogP contribution in [0.3, 0.4) is 0 Å². The molecule has 21 heavy (non-hydrogen) atoms. The molecule has 0 aliphatic heterocycles. The quantitative estimate of drug-likeness (QED) is 0.788. The Hall–Kier alpha value is -1.92. The molecule has 0 radical (unpaired) electrons. The lowest BCUT2D eigenvalue weighted by atomic mass is 10.3. The maximum absolute atomic E-state index is 12.4. The summed E-state index contributed by atoms with van der Waals surface area (Å²) in [7, 11) is 0. The van der Waals surface area contributed by atoms with Gasteiger partial charge in [0.1, 0.15) is 12.3 Å². The third-order valence-electron chi connectivity index (χ3n) is 2.66. The summed E-state index contributed by atoms with van der Waals surface area (Å²) >= 11 is 0. The number of anilines is 1. The van der Waals surface area contributed by atoms with Crippen molar-refractivity contribution in [2.45, 2.75) is 25.9 Å². The Bertz CT molecular complexity index is 464. The molecule has 0 saturated heterocycles. The van der Waals surface area contributed by atoms with Gasteiger partial charge in [0, 0.05) is 18.3 Å². The number of ether oxygens (including phenoxy) is 1. The first-order chi connectivity index (χ1) is 9.81.